The Balaban J connectivity index is 0.000000327. The molecule has 0 saturated carbocycles. The molecule has 6 nitrogen and oxygen atoms in total. The number of rotatable bonds is 7. The second-order valence-electron chi connectivity index (χ2n) is 3.85. The lowest BCUT2D eigenvalue weighted by atomic mass is 10.5. The number of carbonyl (C=O) groups is 1. The molecule has 0 aromatic carbocycles. The van der Waals surface area contributed by atoms with E-state index in [2.05, 4.69) is 40.9 Å². The average Bonchev–Trinajstić information content (AvgIpc) is 2.75. The van der Waals surface area contributed by atoms with Gasteiger partial charge in [0.25, 0.3) is 0 Å². The van der Waals surface area contributed by atoms with Crippen LogP contribution in [-0.4, -0.2) is 68.1 Å². The summed E-state index contributed by atoms with van der Waals surface area (Å²) in [6, 6.07) is 0. The smallest absolute Gasteiger partial charge is 0.305 e. The summed E-state index contributed by atoms with van der Waals surface area (Å²) in [4.78, 5) is 14.3. The molecule has 0 bridgehead atoms. The van der Waals surface area contributed by atoms with Gasteiger partial charge in [-0.3, -0.25) is 4.79 Å². The van der Waals surface area contributed by atoms with Crippen LogP contribution in [0.25, 0.3) is 0 Å². The zero-order chi connectivity index (χ0) is 13.8. The number of aliphatic carboxylic acids is 1. The molecule has 1 aliphatic rings. The highest BCUT2D eigenvalue weighted by atomic mass is 16.5. The molecule has 0 aromatic heterocycles. The third-order valence-corrected chi connectivity index (χ3v) is 2.23. The Kier molecular flexibility index (Phi) is 10.1. The summed E-state index contributed by atoms with van der Waals surface area (Å²) >= 11 is 0. The maximum Gasteiger partial charge on any atom is 0.305 e. The summed E-state index contributed by atoms with van der Waals surface area (Å²) in [5, 5.41) is 8.16. The Morgan fingerprint density at radius 3 is 2.44 bits per heavy atom. The van der Waals surface area contributed by atoms with Crippen LogP contribution in [0.2, 0.25) is 0 Å². The third kappa shape index (κ3) is 9.92. The maximum absolute atomic E-state index is 9.92. The Hall–Kier alpha value is -1.27. The van der Waals surface area contributed by atoms with E-state index < -0.39 is 5.97 Å². The quantitative estimate of drug-likeness (QED) is 0.683. The number of carboxylic acids is 1. The Morgan fingerprint density at radius 2 is 2.06 bits per heavy atom. The van der Waals surface area contributed by atoms with Gasteiger partial charge in [0.15, 0.2) is 0 Å². The first-order valence-corrected chi connectivity index (χ1v) is 6.01. The van der Waals surface area contributed by atoms with Gasteiger partial charge in [-0.2, -0.15) is 0 Å². The van der Waals surface area contributed by atoms with Crippen LogP contribution >= 0.6 is 0 Å². The van der Waals surface area contributed by atoms with Crippen molar-refractivity contribution in [3.8, 4) is 0 Å². The minimum atomic E-state index is -0.836. The molecule has 6 heteroatoms. The van der Waals surface area contributed by atoms with Crippen LogP contribution in [0.5, 0.6) is 0 Å². The van der Waals surface area contributed by atoms with Gasteiger partial charge in [0.2, 0.25) is 0 Å². The number of hydrogen-bond donors (Lipinski definition) is 1. The Labute approximate surface area is 109 Å². The summed E-state index contributed by atoms with van der Waals surface area (Å²) in [6.07, 6.45) is 4.26. The maximum atomic E-state index is 9.92. The minimum Gasteiger partial charge on any atom is -0.481 e. The summed E-state index contributed by atoms with van der Waals surface area (Å²) in [5.74, 6) is -0.836. The molecule has 106 valence electrons. The van der Waals surface area contributed by atoms with Crippen LogP contribution in [0.15, 0.2) is 12.4 Å². The molecule has 0 aliphatic carbocycles. The lowest BCUT2D eigenvalue weighted by molar-refractivity contribution is -0.138. The highest BCUT2D eigenvalue weighted by Gasteiger charge is 2.03. The van der Waals surface area contributed by atoms with Crippen LogP contribution in [0.4, 0.5) is 0 Å². The van der Waals surface area contributed by atoms with E-state index in [1.54, 1.807) is 7.11 Å². The van der Waals surface area contributed by atoms with Gasteiger partial charge in [0, 0.05) is 33.1 Å². The fraction of sp³-hybridized carbons (Fsp3) is 0.750. The van der Waals surface area contributed by atoms with Gasteiger partial charge in [-0.1, -0.05) is 0 Å². The van der Waals surface area contributed by atoms with Crippen LogP contribution in [-0.2, 0) is 14.3 Å². The van der Waals surface area contributed by atoms with Crippen LogP contribution < -0.4 is 0 Å². The van der Waals surface area contributed by atoms with Gasteiger partial charge < -0.3 is 24.4 Å². The van der Waals surface area contributed by atoms with E-state index in [1.807, 2.05) is 0 Å². The van der Waals surface area contributed by atoms with Crippen molar-refractivity contribution in [1.29, 1.82) is 0 Å². The lowest BCUT2D eigenvalue weighted by Gasteiger charge is -2.14. The molecule has 1 aliphatic heterocycles. The zero-order valence-electron chi connectivity index (χ0n) is 11.5. The predicted molar refractivity (Wildman–Crippen MR) is 69.1 cm³/mol. The van der Waals surface area contributed by atoms with E-state index >= 15 is 0 Å². The Bertz CT molecular complexity index is 246. The monoisotopic (exact) mass is 260 g/mol. The molecular weight excluding hydrogens is 236 g/mol. The molecule has 1 rings (SSSR count). The first kappa shape index (κ1) is 16.7. The van der Waals surface area contributed by atoms with E-state index in [1.165, 1.54) is 0 Å². The highest BCUT2D eigenvalue weighted by molar-refractivity contribution is 5.66. The first-order chi connectivity index (χ1) is 8.60. The minimum absolute atomic E-state index is 0.0592. The topological polar surface area (TPSA) is 62.2 Å². The molecule has 0 atom stereocenters. The fourth-order valence-electron chi connectivity index (χ4n) is 1.20. The van der Waals surface area contributed by atoms with Crippen molar-refractivity contribution in [2.45, 2.75) is 13.3 Å². The zero-order valence-corrected chi connectivity index (χ0v) is 11.5. The summed E-state index contributed by atoms with van der Waals surface area (Å²) < 4.78 is 9.56. The molecule has 0 amide bonds. The summed E-state index contributed by atoms with van der Waals surface area (Å²) in [7, 11) is 3.65. The van der Waals surface area contributed by atoms with E-state index in [9.17, 15) is 4.79 Å². The van der Waals surface area contributed by atoms with Crippen molar-refractivity contribution < 1.29 is 19.4 Å². The van der Waals surface area contributed by atoms with E-state index in [4.69, 9.17) is 9.84 Å². The summed E-state index contributed by atoms with van der Waals surface area (Å²) in [6.45, 7) is 5.56. The first-order valence-electron chi connectivity index (χ1n) is 6.01. The normalized spacial score (nSPS) is 13.5. The molecule has 0 saturated heterocycles. The molecule has 0 unspecified atom stereocenters. The molecular formula is C12H24N2O4. The number of nitrogens with zero attached hydrogens (tertiary/aromatic N) is 2. The van der Waals surface area contributed by atoms with Gasteiger partial charge in [-0.15, -0.1) is 0 Å². The standard InChI is InChI=1S/C6H12N2.C6H12O4/c1-3-8-5-4-7(2)6-8;1-9-4-5-10-3-2-6(7)8/h4-5H,3,6H2,1-2H3;2-5H2,1H3,(H,7,8). The van der Waals surface area contributed by atoms with Crippen LogP contribution in [0, 0.1) is 0 Å². The van der Waals surface area contributed by atoms with Crippen LogP contribution in [0.1, 0.15) is 13.3 Å². The number of hydrogen-bond acceptors (Lipinski definition) is 5. The molecule has 1 N–H and O–H groups in total. The molecule has 18 heavy (non-hydrogen) atoms. The molecule has 0 spiro atoms. The number of ether oxygens (including phenoxy) is 2. The van der Waals surface area contributed by atoms with Crippen molar-refractivity contribution >= 4 is 5.97 Å². The van der Waals surface area contributed by atoms with Crippen molar-refractivity contribution in [1.82, 2.24) is 9.80 Å². The van der Waals surface area contributed by atoms with Gasteiger partial charge in [0.1, 0.15) is 0 Å². The van der Waals surface area contributed by atoms with Gasteiger partial charge in [0.05, 0.1) is 32.9 Å². The molecule has 0 fully saturated rings. The Morgan fingerprint density at radius 1 is 1.33 bits per heavy atom. The summed E-state index contributed by atoms with van der Waals surface area (Å²) in [5.41, 5.74) is 0. The van der Waals surface area contributed by atoms with E-state index in [0.717, 1.165) is 13.2 Å². The van der Waals surface area contributed by atoms with Crippen molar-refractivity contribution in [3.63, 3.8) is 0 Å². The number of methoxy groups -OCH3 is 1. The van der Waals surface area contributed by atoms with Gasteiger partial charge in [-0.25, -0.2) is 0 Å². The van der Waals surface area contributed by atoms with Gasteiger partial charge >= 0.3 is 5.97 Å². The lowest BCUT2D eigenvalue weighted by Crippen LogP contribution is -2.21. The van der Waals surface area contributed by atoms with Crippen molar-refractivity contribution in [2.24, 2.45) is 0 Å². The highest BCUT2D eigenvalue weighted by Crippen LogP contribution is 2.00. The van der Waals surface area contributed by atoms with Crippen molar-refractivity contribution in [3.05, 3.63) is 12.4 Å². The van der Waals surface area contributed by atoms with Gasteiger partial charge in [-0.05, 0) is 6.92 Å². The largest absolute Gasteiger partial charge is 0.481 e. The van der Waals surface area contributed by atoms with Crippen LogP contribution in [0.3, 0.4) is 0 Å². The third-order valence-electron chi connectivity index (χ3n) is 2.23. The van der Waals surface area contributed by atoms with E-state index in [0.29, 0.717) is 13.2 Å². The van der Waals surface area contributed by atoms with Crippen molar-refractivity contribution in [2.75, 3.05) is 47.2 Å². The molecule has 0 aromatic rings. The predicted octanol–water partition coefficient (Wildman–Crippen LogP) is 0.807. The SMILES string of the molecule is CCN1C=CN(C)C1.COCCOCCC(=O)O. The fourth-order valence-corrected chi connectivity index (χ4v) is 1.20. The average molecular weight is 260 g/mol. The molecule has 0 radical (unpaired) electrons. The van der Waals surface area contributed by atoms with E-state index in [-0.39, 0.29) is 13.0 Å². The second-order valence-corrected chi connectivity index (χ2v) is 3.85. The molecule has 1 heterocycles. The second kappa shape index (κ2) is 10.9. The number of carboxylic acid groups (broad SMARTS) is 1.